The number of anilines is 2. The van der Waals surface area contributed by atoms with Crippen LogP contribution in [0.5, 0.6) is 0 Å². The van der Waals surface area contributed by atoms with Crippen molar-refractivity contribution in [3.8, 4) is 0 Å². The average molecular weight is 223 g/mol. The first-order valence-corrected chi connectivity index (χ1v) is 5.93. The van der Waals surface area contributed by atoms with E-state index in [1.54, 1.807) is 0 Å². The highest BCUT2D eigenvalue weighted by atomic mass is 15.3. The summed E-state index contributed by atoms with van der Waals surface area (Å²) in [4.78, 5) is 2.27. The standard InChI is InChI=1S/C15H15N2/c1-2-6-13(7-3-1)10-11-17-12-16-14-8-4-5-9-15(14)17/h1-9,12,16H,10-11H2. The molecule has 0 spiro atoms. The summed E-state index contributed by atoms with van der Waals surface area (Å²) in [6.07, 6.45) is 1.06. The second-order valence-corrected chi connectivity index (χ2v) is 4.22. The molecule has 0 aromatic heterocycles. The van der Waals surface area contributed by atoms with Crippen LogP contribution in [-0.4, -0.2) is 6.54 Å². The van der Waals surface area contributed by atoms with E-state index in [0.29, 0.717) is 0 Å². The van der Waals surface area contributed by atoms with Crippen molar-refractivity contribution in [2.75, 3.05) is 16.8 Å². The van der Waals surface area contributed by atoms with Crippen LogP contribution in [0.25, 0.3) is 0 Å². The van der Waals surface area contributed by atoms with Gasteiger partial charge in [-0.05, 0) is 24.1 Å². The third-order valence-electron chi connectivity index (χ3n) is 3.07. The monoisotopic (exact) mass is 223 g/mol. The van der Waals surface area contributed by atoms with Crippen molar-refractivity contribution >= 4 is 11.4 Å². The maximum absolute atomic E-state index is 3.29. The molecule has 1 radical (unpaired) electrons. The zero-order valence-corrected chi connectivity index (χ0v) is 9.63. The van der Waals surface area contributed by atoms with E-state index in [1.165, 1.54) is 16.9 Å². The van der Waals surface area contributed by atoms with Crippen molar-refractivity contribution in [2.24, 2.45) is 0 Å². The van der Waals surface area contributed by atoms with Gasteiger partial charge in [-0.25, -0.2) is 0 Å². The van der Waals surface area contributed by atoms with Gasteiger partial charge in [0.05, 0.1) is 11.4 Å². The van der Waals surface area contributed by atoms with Gasteiger partial charge in [0.2, 0.25) is 0 Å². The summed E-state index contributed by atoms with van der Waals surface area (Å²) in [5.41, 5.74) is 3.84. The second-order valence-electron chi connectivity index (χ2n) is 4.22. The van der Waals surface area contributed by atoms with Crippen LogP contribution in [-0.2, 0) is 6.42 Å². The summed E-state index contributed by atoms with van der Waals surface area (Å²) < 4.78 is 0. The Kier molecular flexibility index (Phi) is 2.70. The van der Waals surface area contributed by atoms with Gasteiger partial charge in [-0.1, -0.05) is 42.5 Å². The summed E-state index contributed by atoms with van der Waals surface area (Å²) in [6, 6.07) is 19.0. The van der Waals surface area contributed by atoms with E-state index < -0.39 is 0 Å². The Morgan fingerprint density at radius 1 is 0.882 bits per heavy atom. The molecular formula is C15H15N2. The Labute approximate surface area is 102 Å². The first kappa shape index (κ1) is 10.2. The molecule has 1 N–H and O–H groups in total. The molecule has 0 saturated carbocycles. The lowest BCUT2D eigenvalue weighted by atomic mass is 10.1. The Bertz CT molecular complexity index is 493. The molecule has 0 fully saturated rings. The first-order valence-electron chi connectivity index (χ1n) is 5.93. The van der Waals surface area contributed by atoms with E-state index in [1.807, 2.05) is 6.67 Å². The Hall–Kier alpha value is -1.96. The van der Waals surface area contributed by atoms with E-state index in [4.69, 9.17) is 0 Å². The zero-order chi connectivity index (χ0) is 11.5. The fourth-order valence-corrected chi connectivity index (χ4v) is 2.14. The van der Waals surface area contributed by atoms with E-state index in [0.717, 1.165) is 13.0 Å². The molecule has 0 bridgehead atoms. The van der Waals surface area contributed by atoms with Gasteiger partial charge >= 0.3 is 0 Å². The van der Waals surface area contributed by atoms with Gasteiger partial charge in [0, 0.05) is 6.54 Å². The third kappa shape index (κ3) is 2.11. The molecule has 0 aliphatic carbocycles. The van der Waals surface area contributed by atoms with E-state index in [-0.39, 0.29) is 0 Å². The molecule has 2 aromatic rings. The van der Waals surface area contributed by atoms with Crippen LogP contribution in [0.4, 0.5) is 11.4 Å². The second kappa shape index (κ2) is 4.50. The molecule has 3 rings (SSSR count). The molecule has 2 heteroatoms. The molecule has 85 valence electrons. The van der Waals surface area contributed by atoms with Crippen LogP contribution >= 0.6 is 0 Å². The highest BCUT2D eigenvalue weighted by Gasteiger charge is 2.17. The predicted molar refractivity (Wildman–Crippen MR) is 71.9 cm³/mol. The first-order chi connectivity index (χ1) is 8.43. The van der Waals surface area contributed by atoms with Crippen LogP contribution in [0.1, 0.15) is 5.56 Å². The summed E-state index contributed by atoms with van der Waals surface area (Å²) in [5.74, 6) is 0. The van der Waals surface area contributed by atoms with Crippen molar-refractivity contribution in [3.63, 3.8) is 0 Å². The highest BCUT2D eigenvalue weighted by Crippen LogP contribution is 2.32. The fraction of sp³-hybridized carbons (Fsp3) is 0.133. The quantitative estimate of drug-likeness (QED) is 0.859. The Morgan fingerprint density at radius 3 is 2.53 bits per heavy atom. The average Bonchev–Trinajstić information content (AvgIpc) is 2.81. The van der Waals surface area contributed by atoms with Crippen molar-refractivity contribution in [1.29, 1.82) is 0 Å². The van der Waals surface area contributed by atoms with Gasteiger partial charge in [-0.2, -0.15) is 0 Å². The van der Waals surface area contributed by atoms with Gasteiger partial charge < -0.3 is 10.2 Å². The van der Waals surface area contributed by atoms with Crippen molar-refractivity contribution < 1.29 is 0 Å². The summed E-state index contributed by atoms with van der Waals surface area (Å²) >= 11 is 0. The number of hydrogen-bond donors (Lipinski definition) is 1. The molecule has 1 heterocycles. The zero-order valence-electron chi connectivity index (χ0n) is 9.63. The van der Waals surface area contributed by atoms with Crippen molar-refractivity contribution in [3.05, 3.63) is 66.8 Å². The van der Waals surface area contributed by atoms with Gasteiger partial charge in [0.25, 0.3) is 0 Å². The van der Waals surface area contributed by atoms with Crippen LogP contribution < -0.4 is 10.2 Å². The van der Waals surface area contributed by atoms with Crippen molar-refractivity contribution in [1.82, 2.24) is 0 Å². The SMILES string of the molecule is [CH]1Nc2ccccc2N1CCc1ccccc1. The molecule has 2 nitrogen and oxygen atoms in total. The van der Waals surface area contributed by atoms with Gasteiger partial charge in [-0.3, -0.25) is 0 Å². The molecule has 0 saturated heterocycles. The topological polar surface area (TPSA) is 15.3 Å². The fourth-order valence-electron chi connectivity index (χ4n) is 2.14. The van der Waals surface area contributed by atoms with E-state index >= 15 is 0 Å². The lowest BCUT2D eigenvalue weighted by molar-refractivity contribution is 0.890. The normalized spacial score (nSPS) is 13.3. The number of nitrogens with one attached hydrogen (secondary N) is 1. The predicted octanol–water partition coefficient (Wildman–Crippen LogP) is 3.28. The van der Waals surface area contributed by atoms with Crippen LogP contribution in [0.3, 0.4) is 0 Å². The molecule has 1 aliphatic rings. The molecule has 2 aromatic carbocycles. The number of benzene rings is 2. The number of para-hydroxylation sites is 2. The van der Waals surface area contributed by atoms with E-state index in [9.17, 15) is 0 Å². The number of fused-ring (bicyclic) bond motifs is 1. The molecule has 1 aliphatic heterocycles. The minimum absolute atomic E-state index is 1.01. The number of hydrogen-bond acceptors (Lipinski definition) is 2. The lowest BCUT2D eigenvalue weighted by Gasteiger charge is -2.16. The number of rotatable bonds is 3. The van der Waals surface area contributed by atoms with Gasteiger partial charge in [-0.15, -0.1) is 0 Å². The van der Waals surface area contributed by atoms with Crippen LogP contribution in [0.2, 0.25) is 0 Å². The van der Waals surface area contributed by atoms with E-state index in [2.05, 4.69) is 64.8 Å². The lowest BCUT2D eigenvalue weighted by Crippen LogP contribution is -2.20. The van der Waals surface area contributed by atoms with Crippen LogP contribution in [0.15, 0.2) is 54.6 Å². The maximum Gasteiger partial charge on any atom is 0.139 e. The maximum atomic E-state index is 3.29. The minimum atomic E-state index is 1.01. The summed E-state index contributed by atoms with van der Waals surface area (Å²) in [6.45, 7) is 3.06. The Balaban J connectivity index is 1.68. The van der Waals surface area contributed by atoms with Crippen molar-refractivity contribution in [2.45, 2.75) is 6.42 Å². The third-order valence-corrected chi connectivity index (χ3v) is 3.07. The van der Waals surface area contributed by atoms with Gasteiger partial charge in [0.15, 0.2) is 0 Å². The van der Waals surface area contributed by atoms with Gasteiger partial charge in [0.1, 0.15) is 6.67 Å². The smallest absolute Gasteiger partial charge is 0.139 e. The number of nitrogens with zero attached hydrogens (tertiary/aromatic N) is 1. The highest BCUT2D eigenvalue weighted by molar-refractivity contribution is 5.76. The van der Waals surface area contributed by atoms with Crippen LogP contribution in [0, 0.1) is 6.67 Å². The minimum Gasteiger partial charge on any atom is -0.360 e. The molecule has 17 heavy (non-hydrogen) atoms. The molecule has 0 atom stereocenters. The molecule has 0 unspecified atom stereocenters. The molecule has 0 amide bonds. The largest absolute Gasteiger partial charge is 0.360 e. The Morgan fingerprint density at radius 2 is 1.65 bits per heavy atom. The molecular weight excluding hydrogens is 208 g/mol. The summed E-state index contributed by atoms with van der Waals surface area (Å²) in [7, 11) is 0. The summed E-state index contributed by atoms with van der Waals surface area (Å²) in [5, 5.41) is 3.29.